The molecule has 3 rings (SSSR count). The highest BCUT2D eigenvalue weighted by Gasteiger charge is 2.47. The average Bonchev–Trinajstić information content (AvgIpc) is 2.81. The Bertz CT molecular complexity index is 409. The van der Waals surface area contributed by atoms with Crippen molar-refractivity contribution in [3.05, 3.63) is 0 Å². The molecule has 0 aromatic rings. The lowest BCUT2D eigenvalue weighted by atomic mass is 9.80. The summed E-state index contributed by atoms with van der Waals surface area (Å²) in [5.41, 5.74) is -0.773. The normalized spacial score (nSPS) is 32.9. The van der Waals surface area contributed by atoms with Crippen LogP contribution in [0.4, 0.5) is 4.79 Å². The smallest absolute Gasteiger partial charge is 0.430 e. The van der Waals surface area contributed by atoms with Gasteiger partial charge in [-0.2, -0.15) is 0 Å². The maximum absolute atomic E-state index is 12.7. The van der Waals surface area contributed by atoms with Crippen molar-refractivity contribution >= 4 is 12.1 Å². The molecule has 0 aliphatic carbocycles. The van der Waals surface area contributed by atoms with E-state index in [0.29, 0.717) is 32.5 Å². The number of hydrogen-bond acceptors (Lipinski definition) is 5. The van der Waals surface area contributed by atoms with E-state index in [0.717, 1.165) is 25.9 Å². The lowest BCUT2D eigenvalue weighted by molar-refractivity contribution is -0.145. The number of amides is 1. The average molecular weight is 282 g/mol. The quantitative estimate of drug-likeness (QED) is 0.724. The highest BCUT2D eigenvalue weighted by atomic mass is 16.8. The zero-order valence-electron chi connectivity index (χ0n) is 11.9. The van der Waals surface area contributed by atoms with Crippen LogP contribution in [-0.2, 0) is 14.3 Å². The summed E-state index contributed by atoms with van der Waals surface area (Å²) < 4.78 is 10.2. The predicted octanol–water partition coefficient (Wildman–Crippen LogP) is 0.904. The van der Waals surface area contributed by atoms with Crippen LogP contribution in [0.25, 0.3) is 0 Å². The van der Waals surface area contributed by atoms with Crippen molar-refractivity contribution in [2.24, 2.45) is 5.41 Å². The van der Waals surface area contributed by atoms with E-state index in [-0.39, 0.29) is 11.3 Å². The van der Waals surface area contributed by atoms with Crippen LogP contribution >= 0.6 is 0 Å². The number of carbonyl (C=O) groups is 2. The third-order valence-corrected chi connectivity index (χ3v) is 4.83. The Morgan fingerprint density at radius 2 is 2.05 bits per heavy atom. The third kappa shape index (κ3) is 2.37. The summed E-state index contributed by atoms with van der Waals surface area (Å²) in [7, 11) is 0. The molecule has 1 amide bonds. The molecule has 6 heteroatoms. The molecule has 20 heavy (non-hydrogen) atoms. The van der Waals surface area contributed by atoms with Gasteiger partial charge in [0.1, 0.15) is 6.61 Å². The minimum absolute atomic E-state index is 0.227. The van der Waals surface area contributed by atoms with Gasteiger partial charge in [-0.1, -0.05) is 0 Å². The Kier molecular flexibility index (Phi) is 3.36. The van der Waals surface area contributed by atoms with Crippen molar-refractivity contribution in [3.63, 3.8) is 0 Å². The number of likely N-dealkylation sites (tertiary alicyclic amines) is 1. The number of rotatable bonds is 1. The minimum atomic E-state index is -0.576. The first-order chi connectivity index (χ1) is 9.53. The largest absolute Gasteiger partial charge is 0.509 e. The topological polar surface area (TPSA) is 67.9 Å². The standard InChI is InChI=1S/C14H22N2O4/c1-13(3-2-6-15-9-13)11(17)16-7-4-14(5-8-16)10-19-12(18)20-14/h15H,2-10H2,1H3/t13-/m0/s1. The highest BCUT2D eigenvalue weighted by molar-refractivity contribution is 5.83. The van der Waals surface area contributed by atoms with Gasteiger partial charge in [-0.15, -0.1) is 0 Å². The molecular weight excluding hydrogens is 260 g/mol. The first kappa shape index (κ1) is 13.7. The van der Waals surface area contributed by atoms with Crippen molar-refractivity contribution in [1.82, 2.24) is 10.2 Å². The van der Waals surface area contributed by atoms with Crippen molar-refractivity contribution < 1.29 is 19.1 Å². The first-order valence-electron chi connectivity index (χ1n) is 7.39. The van der Waals surface area contributed by atoms with Crippen molar-refractivity contribution in [2.45, 2.75) is 38.2 Å². The summed E-state index contributed by atoms with van der Waals surface area (Å²) in [6.07, 6.45) is 2.76. The van der Waals surface area contributed by atoms with Gasteiger partial charge in [0, 0.05) is 32.5 Å². The Labute approximate surface area is 118 Å². The van der Waals surface area contributed by atoms with Gasteiger partial charge in [0.05, 0.1) is 5.41 Å². The minimum Gasteiger partial charge on any atom is -0.430 e. The summed E-state index contributed by atoms with van der Waals surface area (Å²) in [5.74, 6) is 0.227. The van der Waals surface area contributed by atoms with E-state index in [9.17, 15) is 9.59 Å². The lowest BCUT2D eigenvalue weighted by Gasteiger charge is -2.42. The summed E-state index contributed by atoms with van der Waals surface area (Å²) in [5, 5.41) is 3.31. The van der Waals surface area contributed by atoms with Gasteiger partial charge < -0.3 is 19.7 Å². The predicted molar refractivity (Wildman–Crippen MR) is 71.2 cm³/mol. The van der Waals surface area contributed by atoms with Gasteiger partial charge in [0.15, 0.2) is 5.60 Å². The molecule has 1 spiro atoms. The van der Waals surface area contributed by atoms with E-state index in [1.807, 2.05) is 11.8 Å². The number of nitrogens with one attached hydrogen (secondary N) is 1. The lowest BCUT2D eigenvalue weighted by Crippen LogP contribution is -2.55. The summed E-state index contributed by atoms with van der Waals surface area (Å²) in [4.78, 5) is 25.7. The van der Waals surface area contributed by atoms with Gasteiger partial charge in [0.25, 0.3) is 0 Å². The number of carbonyl (C=O) groups excluding carboxylic acids is 2. The Hall–Kier alpha value is -1.30. The second-order valence-electron chi connectivity index (χ2n) is 6.46. The van der Waals surface area contributed by atoms with Crippen LogP contribution in [-0.4, -0.2) is 55.3 Å². The highest BCUT2D eigenvalue weighted by Crippen LogP contribution is 2.34. The molecule has 112 valence electrons. The van der Waals surface area contributed by atoms with Crippen LogP contribution in [0.2, 0.25) is 0 Å². The van der Waals surface area contributed by atoms with E-state index in [1.165, 1.54) is 0 Å². The first-order valence-corrected chi connectivity index (χ1v) is 7.39. The van der Waals surface area contributed by atoms with Crippen molar-refractivity contribution in [1.29, 1.82) is 0 Å². The fourth-order valence-corrected chi connectivity index (χ4v) is 3.41. The number of piperidine rings is 2. The molecule has 1 N–H and O–H groups in total. The Morgan fingerprint density at radius 1 is 1.30 bits per heavy atom. The molecule has 0 radical (unpaired) electrons. The second kappa shape index (κ2) is 4.91. The van der Waals surface area contributed by atoms with Crippen LogP contribution < -0.4 is 5.32 Å². The van der Waals surface area contributed by atoms with E-state index in [1.54, 1.807) is 0 Å². The molecule has 3 aliphatic rings. The van der Waals surface area contributed by atoms with Crippen molar-refractivity contribution in [3.8, 4) is 0 Å². The maximum atomic E-state index is 12.7. The van der Waals surface area contributed by atoms with E-state index in [4.69, 9.17) is 9.47 Å². The zero-order chi connectivity index (χ0) is 14.2. The van der Waals surface area contributed by atoms with Crippen LogP contribution in [0.1, 0.15) is 32.6 Å². The van der Waals surface area contributed by atoms with Gasteiger partial charge in [-0.3, -0.25) is 4.79 Å². The van der Waals surface area contributed by atoms with Gasteiger partial charge >= 0.3 is 6.16 Å². The Morgan fingerprint density at radius 3 is 2.60 bits per heavy atom. The fraction of sp³-hybridized carbons (Fsp3) is 0.857. The SMILES string of the molecule is C[C@]1(C(=O)N2CCC3(CC2)COC(=O)O3)CCCNC1. The Balaban J connectivity index is 1.60. The van der Waals surface area contributed by atoms with Crippen LogP contribution in [0.3, 0.4) is 0 Å². The maximum Gasteiger partial charge on any atom is 0.509 e. The number of cyclic esters (lactones) is 1. The fourth-order valence-electron chi connectivity index (χ4n) is 3.41. The molecule has 0 aromatic carbocycles. The van der Waals surface area contributed by atoms with E-state index in [2.05, 4.69) is 5.32 Å². The number of ether oxygens (including phenoxy) is 2. The number of nitrogens with zero attached hydrogens (tertiary/aromatic N) is 1. The van der Waals surface area contributed by atoms with Crippen LogP contribution in [0, 0.1) is 5.41 Å². The summed E-state index contributed by atoms with van der Waals surface area (Å²) in [6, 6.07) is 0. The second-order valence-corrected chi connectivity index (χ2v) is 6.46. The monoisotopic (exact) mass is 282 g/mol. The molecule has 6 nitrogen and oxygen atoms in total. The third-order valence-electron chi connectivity index (χ3n) is 4.83. The molecule has 0 bridgehead atoms. The van der Waals surface area contributed by atoms with Crippen LogP contribution in [0.15, 0.2) is 0 Å². The molecule has 3 saturated heterocycles. The molecule has 0 aromatic heterocycles. The zero-order valence-corrected chi connectivity index (χ0v) is 11.9. The van der Waals surface area contributed by atoms with E-state index >= 15 is 0 Å². The van der Waals surface area contributed by atoms with Gasteiger partial charge in [0.2, 0.25) is 5.91 Å². The molecule has 3 fully saturated rings. The molecule has 0 saturated carbocycles. The van der Waals surface area contributed by atoms with Crippen LogP contribution in [0.5, 0.6) is 0 Å². The number of hydrogen-bond donors (Lipinski definition) is 1. The molecule has 0 unspecified atom stereocenters. The molecule has 3 aliphatic heterocycles. The van der Waals surface area contributed by atoms with E-state index < -0.39 is 11.8 Å². The van der Waals surface area contributed by atoms with Gasteiger partial charge in [-0.25, -0.2) is 4.79 Å². The summed E-state index contributed by atoms with van der Waals surface area (Å²) in [6.45, 7) is 5.41. The van der Waals surface area contributed by atoms with Crippen molar-refractivity contribution in [2.75, 3.05) is 32.8 Å². The molecular formula is C14H22N2O4. The molecule has 3 heterocycles. The summed E-state index contributed by atoms with van der Waals surface area (Å²) >= 11 is 0. The van der Waals surface area contributed by atoms with Gasteiger partial charge in [-0.05, 0) is 26.3 Å². The molecule has 1 atom stereocenters.